The summed E-state index contributed by atoms with van der Waals surface area (Å²) in [6.07, 6.45) is -2.44. The predicted octanol–water partition coefficient (Wildman–Crippen LogP) is 1.52. The molecule has 0 saturated carbocycles. The molecule has 2 aromatic carbocycles. The number of rotatable bonds is 5. The molecular weight excluding hydrogens is 336 g/mol. The Bertz CT molecular complexity index is 856. The molecule has 0 amide bonds. The fourth-order valence-electron chi connectivity index (χ4n) is 2.87. The normalized spacial score (nSPS) is 23.0. The van der Waals surface area contributed by atoms with Crippen LogP contribution in [0.2, 0.25) is 0 Å². The van der Waals surface area contributed by atoms with Crippen LogP contribution >= 0.6 is 0 Å². The number of ketones is 1. The highest BCUT2D eigenvalue weighted by atomic mass is 16.5. The highest BCUT2D eigenvalue weighted by molar-refractivity contribution is 6.00. The summed E-state index contributed by atoms with van der Waals surface area (Å²) in [5.74, 6) is -1.20. The monoisotopic (exact) mass is 356 g/mol. The van der Waals surface area contributed by atoms with Gasteiger partial charge in [-0.15, -0.1) is 0 Å². The topological polar surface area (TPSA) is 93.1 Å². The van der Waals surface area contributed by atoms with Crippen molar-refractivity contribution >= 4 is 22.5 Å². The van der Waals surface area contributed by atoms with Crippen LogP contribution in [0.3, 0.4) is 0 Å². The van der Waals surface area contributed by atoms with Crippen molar-refractivity contribution in [2.45, 2.75) is 31.8 Å². The molecule has 6 heteroatoms. The average molecular weight is 356 g/mol. The van der Waals surface area contributed by atoms with Crippen molar-refractivity contribution in [2.24, 2.45) is 0 Å². The zero-order chi connectivity index (χ0) is 18.7. The first-order chi connectivity index (χ1) is 12.5. The standard InChI is InChI=1S/C20H20O6/c1-12(21)25-11-16-9-17(19(23)20(24)18(16)22)26-10-13-6-7-14-4-2-3-5-15(14)8-13/h2-9,17,19-20,23-24H,10-11H2,1H3/t17-,19-,20-/m0/s1. The second-order valence-electron chi connectivity index (χ2n) is 6.23. The molecule has 2 aromatic rings. The third kappa shape index (κ3) is 3.99. The number of hydrogen-bond donors (Lipinski definition) is 2. The zero-order valence-corrected chi connectivity index (χ0v) is 14.3. The molecule has 3 atom stereocenters. The molecule has 0 fully saturated rings. The van der Waals surface area contributed by atoms with E-state index in [1.807, 2.05) is 42.5 Å². The molecule has 3 rings (SSSR count). The van der Waals surface area contributed by atoms with Gasteiger partial charge >= 0.3 is 5.97 Å². The number of aliphatic hydroxyl groups is 2. The van der Waals surface area contributed by atoms with Gasteiger partial charge in [-0.3, -0.25) is 9.59 Å². The molecule has 0 aliphatic heterocycles. The number of fused-ring (bicyclic) bond motifs is 1. The van der Waals surface area contributed by atoms with E-state index in [1.54, 1.807) is 0 Å². The van der Waals surface area contributed by atoms with Crippen LogP contribution in [0, 0.1) is 0 Å². The molecule has 0 saturated heterocycles. The van der Waals surface area contributed by atoms with E-state index in [4.69, 9.17) is 9.47 Å². The van der Waals surface area contributed by atoms with Gasteiger partial charge in [0.1, 0.15) is 24.9 Å². The summed E-state index contributed by atoms with van der Waals surface area (Å²) in [6.45, 7) is 1.17. The number of hydrogen-bond acceptors (Lipinski definition) is 6. The van der Waals surface area contributed by atoms with Crippen molar-refractivity contribution in [3.05, 3.63) is 59.7 Å². The third-order valence-electron chi connectivity index (χ3n) is 4.30. The Labute approximate surface area is 150 Å². The molecule has 1 aliphatic carbocycles. The second kappa shape index (κ2) is 7.78. The fourth-order valence-corrected chi connectivity index (χ4v) is 2.87. The summed E-state index contributed by atoms with van der Waals surface area (Å²) in [6, 6.07) is 13.8. The Kier molecular flexibility index (Phi) is 5.46. The van der Waals surface area contributed by atoms with Crippen LogP contribution < -0.4 is 0 Å². The number of carbonyl (C=O) groups is 2. The lowest BCUT2D eigenvalue weighted by atomic mass is 9.91. The van der Waals surface area contributed by atoms with Gasteiger partial charge in [0.25, 0.3) is 0 Å². The van der Waals surface area contributed by atoms with Gasteiger partial charge in [-0.2, -0.15) is 0 Å². The number of Topliss-reactive ketones (excluding diaryl/α,β-unsaturated/α-hetero) is 1. The van der Waals surface area contributed by atoms with Crippen molar-refractivity contribution in [3.8, 4) is 0 Å². The van der Waals surface area contributed by atoms with Crippen LogP contribution in [0.1, 0.15) is 12.5 Å². The predicted molar refractivity (Wildman–Crippen MR) is 94.3 cm³/mol. The van der Waals surface area contributed by atoms with Crippen LogP contribution in [0.5, 0.6) is 0 Å². The Balaban J connectivity index is 1.73. The van der Waals surface area contributed by atoms with Crippen molar-refractivity contribution in [1.29, 1.82) is 0 Å². The first kappa shape index (κ1) is 18.3. The number of aliphatic hydroxyl groups excluding tert-OH is 2. The van der Waals surface area contributed by atoms with Crippen LogP contribution in [-0.2, 0) is 25.7 Å². The zero-order valence-electron chi connectivity index (χ0n) is 14.3. The number of esters is 1. The van der Waals surface area contributed by atoms with E-state index in [0.29, 0.717) is 0 Å². The van der Waals surface area contributed by atoms with Gasteiger partial charge in [0.15, 0.2) is 5.78 Å². The van der Waals surface area contributed by atoms with Crippen LogP contribution in [0.15, 0.2) is 54.1 Å². The molecule has 26 heavy (non-hydrogen) atoms. The lowest BCUT2D eigenvalue weighted by Crippen LogP contribution is -2.47. The smallest absolute Gasteiger partial charge is 0.302 e. The summed E-state index contributed by atoms with van der Waals surface area (Å²) in [5, 5.41) is 22.2. The minimum absolute atomic E-state index is 0.113. The summed E-state index contributed by atoms with van der Waals surface area (Å²) in [7, 11) is 0. The summed E-state index contributed by atoms with van der Waals surface area (Å²) in [4.78, 5) is 22.9. The molecule has 6 nitrogen and oxygen atoms in total. The molecule has 136 valence electrons. The molecule has 0 spiro atoms. The highest BCUT2D eigenvalue weighted by Crippen LogP contribution is 2.22. The molecule has 0 radical (unpaired) electrons. The maximum atomic E-state index is 12.0. The fraction of sp³-hybridized carbons (Fsp3) is 0.300. The minimum atomic E-state index is -1.60. The van der Waals surface area contributed by atoms with E-state index in [1.165, 1.54) is 13.0 Å². The number of benzene rings is 2. The van der Waals surface area contributed by atoms with E-state index in [2.05, 4.69) is 0 Å². The molecule has 0 heterocycles. The Morgan fingerprint density at radius 3 is 2.54 bits per heavy atom. The molecule has 0 unspecified atom stereocenters. The number of ether oxygens (including phenoxy) is 2. The maximum Gasteiger partial charge on any atom is 0.302 e. The van der Waals surface area contributed by atoms with E-state index in [0.717, 1.165) is 16.3 Å². The summed E-state index contributed by atoms with van der Waals surface area (Å²) < 4.78 is 10.5. The molecule has 0 aromatic heterocycles. The van der Waals surface area contributed by atoms with Gasteiger partial charge in [-0.25, -0.2) is 0 Å². The Hall–Kier alpha value is -2.54. The minimum Gasteiger partial charge on any atom is -0.461 e. The van der Waals surface area contributed by atoms with Crippen LogP contribution in [0.25, 0.3) is 10.8 Å². The molecule has 0 bridgehead atoms. The lowest BCUT2D eigenvalue weighted by Gasteiger charge is -2.29. The summed E-state index contributed by atoms with van der Waals surface area (Å²) in [5.41, 5.74) is 1.01. The maximum absolute atomic E-state index is 12.0. The number of carbonyl (C=O) groups excluding carboxylic acids is 2. The van der Waals surface area contributed by atoms with Gasteiger partial charge < -0.3 is 19.7 Å². The summed E-state index contributed by atoms with van der Waals surface area (Å²) >= 11 is 0. The lowest BCUT2D eigenvalue weighted by molar-refractivity contribution is -0.143. The van der Waals surface area contributed by atoms with Crippen LogP contribution in [0.4, 0.5) is 0 Å². The third-order valence-corrected chi connectivity index (χ3v) is 4.30. The van der Waals surface area contributed by atoms with Crippen molar-refractivity contribution in [1.82, 2.24) is 0 Å². The first-order valence-corrected chi connectivity index (χ1v) is 8.29. The largest absolute Gasteiger partial charge is 0.461 e. The first-order valence-electron chi connectivity index (χ1n) is 8.29. The molecule has 1 aliphatic rings. The van der Waals surface area contributed by atoms with E-state index in [9.17, 15) is 19.8 Å². The van der Waals surface area contributed by atoms with Crippen molar-refractivity contribution in [3.63, 3.8) is 0 Å². The quantitative estimate of drug-likeness (QED) is 0.789. The van der Waals surface area contributed by atoms with Gasteiger partial charge in [-0.1, -0.05) is 36.4 Å². The van der Waals surface area contributed by atoms with E-state index >= 15 is 0 Å². The molecule has 2 N–H and O–H groups in total. The SMILES string of the molecule is CC(=O)OCC1=C[C@H](OCc2ccc3ccccc3c2)[C@H](O)[C@@H](O)C1=O. The van der Waals surface area contributed by atoms with Crippen LogP contribution in [-0.4, -0.2) is 46.9 Å². The van der Waals surface area contributed by atoms with E-state index < -0.39 is 30.1 Å². The molecular formula is C20H20O6. The Morgan fingerprint density at radius 2 is 1.81 bits per heavy atom. The van der Waals surface area contributed by atoms with Gasteiger partial charge in [-0.05, 0) is 28.5 Å². The van der Waals surface area contributed by atoms with E-state index in [-0.39, 0.29) is 18.8 Å². The van der Waals surface area contributed by atoms with Crippen molar-refractivity contribution in [2.75, 3.05) is 6.61 Å². The van der Waals surface area contributed by atoms with Gasteiger partial charge in [0, 0.05) is 12.5 Å². The van der Waals surface area contributed by atoms with Gasteiger partial charge in [0.2, 0.25) is 0 Å². The Morgan fingerprint density at radius 1 is 1.08 bits per heavy atom. The average Bonchev–Trinajstić information content (AvgIpc) is 2.64. The second-order valence-corrected chi connectivity index (χ2v) is 6.23. The van der Waals surface area contributed by atoms with Gasteiger partial charge in [0.05, 0.1) is 6.61 Å². The highest BCUT2D eigenvalue weighted by Gasteiger charge is 2.38. The van der Waals surface area contributed by atoms with Crippen molar-refractivity contribution < 1.29 is 29.3 Å².